The van der Waals surface area contributed by atoms with Gasteiger partial charge in [-0.15, -0.1) is 0 Å². The van der Waals surface area contributed by atoms with Gasteiger partial charge in [0.25, 0.3) is 5.91 Å². The average Bonchev–Trinajstić information content (AvgIpc) is 2.46. The fourth-order valence-electron chi connectivity index (χ4n) is 2.69. The number of hydrogen-bond donors (Lipinski definition) is 2. The first-order valence-electron chi connectivity index (χ1n) is 6.85. The highest BCUT2D eigenvalue weighted by molar-refractivity contribution is 8.00. The Morgan fingerprint density at radius 1 is 1.32 bits per heavy atom. The van der Waals surface area contributed by atoms with Crippen LogP contribution in [0.3, 0.4) is 0 Å². The van der Waals surface area contributed by atoms with E-state index in [1.807, 2.05) is 23.9 Å². The maximum atomic E-state index is 12.2. The van der Waals surface area contributed by atoms with Crippen molar-refractivity contribution in [3.8, 4) is 0 Å². The number of amides is 1. The van der Waals surface area contributed by atoms with Gasteiger partial charge < -0.3 is 11.1 Å². The van der Waals surface area contributed by atoms with Crippen LogP contribution >= 0.6 is 11.8 Å². The summed E-state index contributed by atoms with van der Waals surface area (Å²) in [6, 6.07) is 7.23. The Morgan fingerprint density at radius 3 is 2.63 bits per heavy atom. The standard InChI is InChI=1S/C15H22N2OS/c1-19-15(9-5-2-6-10-15)11-17-14(18)12-7-3-4-8-13(12)16/h3-4,7-8H,2,5-6,9-11,16H2,1H3,(H,17,18). The molecule has 0 bridgehead atoms. The molecule has 0 unspecified atom stereocenters. The Kier molecular flexibility index (Phi) is 4.75. The Morgan fingerprint density at radius 2 is 2.00 bits per heavy atom. The molecule has 1 amide bonds. The van der Waals surface area contributed by atoms with Crippen LogP contribution in [-0.4, -0.2) is 23.5 Å². The van der Waals surface area contributed by atoms with Crippen molar-refractivity contribution in [2.45, 2.75) is 36.9 Å². The number of rotatable bonds is 4. The number of hydrogen-bond acceptors (Lipinski definition) is 3. The third-order valence-corrected chi connectivity index (χ3v) is 5.39. The van der Waals surface area contributed by atoms with Crippen LogP contribution in [0.25, 0.3) is 0 Å². The summed E-state index contributed by atoms with van der Waals surface area (Å²) in [5.74, 6) is -0.0582. The summed E-state index contributed by atoms with van der Waals surface area (Å²) in [5, 5.41) is 3.06. The second kappa shape index (κ2) is 6.33. The quantitative estimate of drug-likeness (QED) is 0.832. The maximum absolute atomic E-state index is 12.2. The molecule has 1 aromatic rings. The van der Waals surface area contributed by atoms with Gasteiger partial charge in [-0.1, -0.05) is 31.4 Å². The molecule has 4 heteroatoms. The highest BCUT2D eigenvalue weighted by Gasteiger charge is 2.31. The van der Waals surface area contributed by atoms with Crippen molar-refractivity contribution >= 4 is 23.4 Å². The molecule has 1 aliphatic rings. The van der Waals surface area contributed by atoms with Gasteiger partial charge >= 0.3 is 0 Å². The molecule has 0 aromatic heterocycles. The van der Waals surface area contributed by atoms with Crippen LogP contribution < -0.4 is 11.1 Å². The zero-order chi connectivity index (χ0) is 13.7. The van der Waals surface area contributed by atoms with E-state index in [1.54, 1.807) is 12.1 Å². The molecule has 1 aliphatic carbocycles. The number of para-hydroxylation sites is 1. The van der Waals surface area contributed by atoms with Crippen LogP contribution in [-0.2, 0) is 0 Å². The van der Waals surface area contributed by atoms with E-state index in [1.165, 1.54) is 32.1 Å². The lowest BCUT2D eigenvalue weighted by Gasteiger charge is -2.35. The predicted octanol–water partition coefficient (Wildman–Crippen LogP) is 3.06. The first-order chi connectivity index (χ1) is 9.17. The van der Waals surface area contributed by atoms with Crippen molar-refractivity contribution in [1.29, 1.82) is 0 Å². The van der Waals surface area contributed by atoms with E-state index >= 15 is 0 Å². The summed E-state index contributed by atoms with van der Waals surface area (Å²) >= 11 is 1.89. The van der Waals surface area contributed by atoms with Gasteiger partial charge in [0.1, 0.15) is 0 Å². The van der Waals surface area contributed by atoms with E-state index in [4.69, 9.17) is 5.73 Å². The predicted molar refractivity (Wildman–Crippen MR) is 82.5 cm³/mol. The molecule has 2 rings (SSSR count). The molecule has 0 radical (unpaired) electrons. The summed E-state index contributed by atoms with van der Waals surface area (Å²) in [6.45, 7) is 0.737. The molecule has 19 heavy (non-hydrogen) atoms. The number of anilines is 1. The van der Waals surface area contributed by atoms with Gasteiger partial charge in [0.2, 0.25) is 0 Å². The third-order valence-electron chi connectivity index (χ3n) is 3.97. The summed E-state index contributed by atoms with van der Waals surface area (Å²) in [4.78, 5) is 12.2. The molecule has 1 saturated carbocycles. The Hall–Kier alpha value is -1.16. The van der Waals surface area contributed by atoms with Crippen LogP contribution in [0.2, 0.25) is 0 Å². The highest BCUT2D eigenvalue weighted by Crippen LogP contribution is 2.38. The summed E-state index contributed by atoms with van der Waals surface area (Å²) in [5.41, 5.74) is 6.95. The van der Waals surface area contributed by atoms with Gasteiger partial charge in [0.05, 0.1) is 5.56 Å². The molecule has 1 fully saturated rings. The molecule has 0 atom stereocenters. The SMILES string of the molecule is CSC1(CNC(=O)c2ccccc2N)CCCCC1. The number of nitrogens with two attached hydrogens (primary N) is 1. The van der Waals surface area contributed by atoms with Gasteiger partial charge in [-0.2, -0.15) is 11.8 Å². The number of benzene rings is 1. The normalized spacial score (nSPS) is 17.9. The van der Waals surface area contributed by atoms with E-state index in [2.05, 4.69) is 11.6 Å². The van der Waals surface area contributed by atoms with Crippen molar-refractivity contribution < 1.29 is 4.79 Å². The lowest BCUT2D eigenvalue weighted by Crippen LogP contribution is -2.41. The van der Waals surface area contributed by atoms with E-state index < -0.39 is 0 Å². The van der Waals surface area contributed by atoms with E-state index in [9.17, 15) is 4.79 Å². The van der Waals surface area contributed by atoms with Crippen LogP contribution in [0, 0.1) is 0 Å². The van der Waals surface area contributed by atoms with Crippen molar-refractivity contribution in [2.24, 2.45) is 0 Å². The topological polar surface area (TPSA) is 55.1 Å². The molecule has 0 saturated heterocycles. The number of nitrogen functional groups attached to an aromatic ring is 1. The lowest BCUT2D eigenvalue weighted by atomic mass is 9.88. The monoisotopic (exact) mass is 278 g/mol. The Labute approximate surface area is 119 Å². The van der Waals surface area contributed by atoms with Gasteiger partial charge in [-0.05, 0) is 31.2 Å². The van der Waals surface area contributed by atoms with Crippen molar-refractivity contribution in [1.82, 2.24) is 5.32 Å². The van der Waals surface area contributed by atoms with Gasteiger partial charge in [-0.25, -0.2) is 0 Å². The summed E-state index contributed by atoms with van der Waals surface area (Å²) in [6.07, 6.45) is 8.39. The first-order valence-corrected chi connectivity index (χ1v) is 8.07. The highest BCUT2D eigenvalue weighted by atomic mass is 32.2. The average molecular weight is 278 g/mol. The van der Waals surface area contributed by atoms with Gasteiger partial charge in [-0.3, -0.25) is 4.79 Å². The van der Waals surface area contributed by atoms with Crippen LogP contribution in [0.1, 0.15) is 42.5 Å². The van der Waals surface area contributed by atoms with E-state index in [0.717, 1.165) is 6.54 Å². The zero-order valence-corrected chi connectivity index (χ0v) is 12.3. The maximum Gasteiger partial charge on any atom is 0.253 e. The molecule has 104 valence electrons. The minimum Gasteiger partial charge on any atom is -0.398 e. The molecule has 3 nitrogen and oxygen atoms in total. The van der Waals surface area contributed by atoms with Crippen LogP contribution in [0.4, 0.5) is 5.69 Å². The van der Waals surface area contributed by atoms with Crippen LogP contribution in [0.5, 0.6) is 0 Å². The fourth-order valence-corrected chi connectivity index (χ4v) is 3.60. The molecule has 0 spiro atoms. The smallest absolute Gasteiger partial charge is 0.253 e. The van der Waals surface area contributed by atoms with Gasteiger partial charge in [0.15, 0.2) is 0 Å². The third kappa shape index (κ3) is 3.44. The van der Waals surface area contributed by atoms with E-state index in [0.29, 0.717) is 11.3 Å². The molecule has 1 aromatic carbocycles. The van der Waals surface area contributed by atoms with Gasteiger partial charge in [0, 0.05) is 17.0 Å². The lowest BCUT2D eigenvalue weighted by molar-refractivity contribution is 0.0948. The van der Waals surface area contributed by atoms with E-state index in [-0.39, 0.29) is 10.7 Å². The largest absolute Gasteiger partial charge is 0.398 e. The molecular weight excluding hydrogens is 256 g/mol. The minimum absolute atomic E-state index is 0.0582. The zero-order valence-electron chi connectivity index (χ0n) is 11.4. The number of thioether (sulfide) groups is 1. The van der Waals surface area contributed by atoms with Crippen LogP contribution in [0.15, 0.2) is 24.3 Å². The molecular formula is C15H22N2OS. The minimum atomic E-state index is -0.0582. The van der Waals surface area contributed by atoms with Crippen molar-refractivity contribution in [2.75, 3.05) is 18.5 Å². The number of carbonyl (C=O) groups excluding carboxylic acids is 1. The first kappa shape index (κ1) is 14.3. The Balaban J connectivity index is 1.98. The van der Waals surface area contributed by atoms with Crippen molar-refractivity contribution in [3.63, 3.8) is 0 Å². The Bertz CT molecular complexity index is 442. The number of nitrogens with one attached hydrogen (secondary N) is 1. The summed E-state index contributed by atoms with van der Waals surface area (Å²) < 4.78 is 0.220. The molecule has 3 N–H and O–H groups in total. The summed E-state index contributed by atoms with van der Waals surface area (Å²) in [7, 11) is 0. The fraction of sp³-hybridized carbons (Fsp3) is 0.533. The molecule has 0 aliphatic heterocycles. The molecule has 0 heterocycles. The van der Waals surface area contributed by atoms with Crippen molar-refractivity contribution in [3.05, 3.63) is 29.8 Å². The number of carbonyl (C=O) groups is 1. The second-order valence-corrected chi connectivity index (χ2v) is 6.49. The second-order valence-electron chi connectivity index (χ2n) is 5.22.